The van der Waals surface area contributed by atoms with E-state index >= 15 is 0 Å². The molecule has 0 aliphatic carbocycles. The summed E-state index contributed by atoms with van der Waals surface area (Å²) in [5, 5.41) is 1.18. The molecule has 1 aromatic heterocycles. The van der Waals surface area contributed by atoms with Crippen LogP contribution in [-0.2, 0) is 0 Å². The highest BCUT2D eigenvalue weighted by Gasteiger charge is 2.14. The van der Waals surface area contributed by atoms with Crippen molar-refractivity contribution in [3.05, 3.63) is 75.9 Å². The van der Waals surface area contributed by atoms with E-state index in [9.17, 15) is 9.59 Å². The first-order chi connectivity index (χ1) is 12.0. The fourth-order valence-electron chi connectivity index (χ4n) is 2.52. The number of benzene rings is 2. The van der Waals surface area contributed by atoms with Crippen LogP contribution < -0.4 is 10.9 Å². The number of halogens is 1. The molecule has 0 bridgehead atoms. The Balaban J connectivity index is 1.79. The van der Waals surface area contributed by atoms with Gasteiger partial charge in [-0.1, -0.05) is 35.4 Å². The van der Waals surface area contributed by atoms with E-state index in [1.165, 1.54) is 0 Å². The molecule has 3 rings (SSSR count). The van der Waals surface area contributed by atoms with E-state index in [1.54, 1.807) is 37.3 Å². The standard InChI is InChI=1S/C19H16ClN3O2/c1-11-7-8-17-13(9-11)10-15(12(2)21-17)19(25)23-22-18(24)14-5-3-4-6-16(14)20/h3-10H,1-2H3,(H,22,24)(H,23,25). The Bertz CT molecular complexity index is 986. The summed E-state index contributed by atoms with van der Waals surface area (Å²) in [4.78, 5) is 29.0. The van der Waals surface area contributed by atoms with Crippen molar-refractivity contribution in [2.75, 3.05) is 0 Å². The minimum atomic E-state index is -0.485. The van der Waals surface area contributed by atoms with Gasteiger partial charge in [-0.3, -0.25) is 25.4 Å². The van der Waals surface area contributed by atoms with Crippen molar-refractivity contribution in [1.29, 1.82) is 0 Å². The van der Waals surface area contributed by atoms with Gasteiger partial charge in [0.1, 0.15) is 0 Å². The zero-order chi connectivity index (χ0) is 18.0. The fraction of sp³-hybridized carbons (Fsp3) is 0.105. The normalized spacial score (nSPS) is 10.5. The molecule has 0 saturated carbocycles. The third-order valence-corrected chi connectivity index (χ3v) is 4.14. The summed E-state index contributed by atoms with van der Waals surface area (Å²) < 4.78 is 0. The number of rotatable bonds is 2. The lowest BCUT2D eigenvalue weighted by Gasteiger charge is -2.11. The highest BCUT2D eigenvalue weighted by molar-refractivity contribution is 6.33. The average Bonchev–Trinajstić information content (AvgIpc) is 2.59. The Morgan fingerprint density at radius 3 is 2.32 bits per heavy atom. The first-order valence-electron chi connectivity index (χ1n) is 7.69. The zero-order valence-corrected chi connectivity index (χ0v) is 14.5. The van der Waals surface area contributed by atoms with Crippen molar-refractivity contribution in [2.24, 2.45) is 0 Å². The van der Waals surface area contributed by atoms with Crippen LogP contribution in [0.3, 0.4) is 0 Å². The fourth-order valence-corrected chi connectivity index (χ4v) is 2.74. The van der Waals surface area contributed by atoms with Gasteiger partial charge in [-0.05, 0) is 44.2 Å². The van der Waals surface area contributed by atoms with Gasteiger partial charge in [-0.2, -0.15) is 0 Å². The van der Waals surface area contributed by atoms with Crippen molar-refractivity contribution < 1.29 is 9.59 Å². The minimum absolute atomic E-state index is 0.286. The van der Waals surface area contributed by atoms with Crippen LogP contribution in [0.2, 0.25) is 5.02 Å². The van der Waals surface area contributed by atoms with E-state index in [4.69, 9.17) is 11.6 Å². The molecule has 5 nitrogen and oxygen atoms in total. The number of nitrogens with one attached hydrogen (secondary N) is 2. The SMILES string of the molecule is Cc1ccc2nc(C)c(C(=O)NNC(=O)c3ccccc3Cl)cc2c1. The Hall–Kier alpha value is -2.92. The van der Waals surface area contributed by atoms with Gasteiger partial charge in [0.05, 0.1) is 27.4 Å². The van der Waals surface area contributed by atoms with Crippen molar-refractivity contribution in [1.82, 2.24) is 15.8 Å². The summed E-state index contributed by atoms with van der Waals surface area (Å²) in [7, 11) is 0. The number of hydrogen-bond acceptors (Lipinski definition) is 3. The second kappa shape index (κ2) is 6.91. The van der Waals surface area contributed by atoms with Crippen LogP contribution in [0.4, 0.5) is 0 Å². The van der Waals surface area contributed by atoms with Gasteiger partial charge in [0.2, 0.25) is 0 Å². The molecule has 0 unspecified atom stereocenters. The molecule has 0 aliphatic rings. The minimum Gasteiger partial charge on any atom is -0.267 e. The van der Waals surface area contributed by atoms with E-state index in [0.29, 0.717) is 16.3 Å². The number of aryl methyl sites for hydroxylation is 2. The van der Waals surface area contributed by atoms with Crippen LogP contribution in [0, 0.1) is 13.8 Å². The second-order valence-electron chi connectivity index (χ2n) is 5.71. The first kappa shape index (κ1) is 16.9. The van der Waals surface area contributed by atoms with Crippen LogP contribution in [0.5, 0.6) is 0 Å². The van der Waals surface area contributed by atoms with E-state index < -0.39 is 11.8 Å². The van der Waals surface area contributed by atoms with Crippen molar-refractivity contribution in [3.8, 4) is 0 Å². The van der Waals surface area contributed by atoms with E-state index in [0.717, 1.165) is 16.5 Å². The molecule has 0 saturated heterocycles. The molecule has 25 heavy (non-hydrogen) atoms. The molecule has 0 radical (unpaired) electrons. The van der Waals surface area contributed by atoms with Gasteiger partial charge in [0.15, 0.2) is 0 Å². The van der Waals surface area contributed by atoms with Crippen LogP contribution in [0.25, 0.3) is 10.9 Å². The molecular formula is C19H16ClN3O2. The van der Waals surface area contributed by atoms with Crippen LogP contribution in [0.15, 0.2) is 48.5 Å². The Labute approximate surface area is 150 Å². The highest BCUT2D eigenvalue weighted by atomic mass is 35.5. The summed E-state index contributed by atoms with van der Waals surface area (Å²) in [6, 6.07) is 14.2. The van der Waals surface area contributed by atoms with Crippen LogP contribution in [-0.4, -0.2) is 16.8 Å². The Morgan fingerprint density at radius 1 is 0.920 bits per heavy atom. The molecule has 0 spiro atoms. The van der Waals surface area contributed by atoms with Gasteiger partial charge in [0.25, 0.3) is 11.8 Å². The van der Waals surface area contributed by atoms with E-state index in [1.807, 2.05) is 25.1 Å². The Morgan fingerprint density at radius 2 is 1.60 bits per heavy atom. The quantitative estimate of drug-likeness (QED) is 0.692. The number of hydrazine groups is 1. The lowest BCUT2D eigenvalue weighted by Crippen LogP contribution is -2.42. The predicted molar refractivity (Wildman–Crippen MR) is 97.6 cm³/mol. The number of carbonyl (C=O) groups excluding carboxylic acids is 2. The third kappa shape index (κ3) is 3.61. The number of pyridine rings is 1. The monoisotopic (exact) mass is 353 g/mol. The molecule has 3 aromatic rings. The maximum atomic E-state index is 12.4. The smallest absolute Gasteiger partial charge is 0.267 e. The average molecular weight is 354 g/mol. The number of amides is 2. The van der Waals surface area contributed by atoms with E-state index in [-0.39, 0.29) is 5.56 Å². The first-order valence-corrected chi connectivity index (χ1v) is 8.07. The molecule has 0 atom stereocenters. The Kier molecular flexibility index (Phi) is 4.67. The van der Waals surface area contributed by atoms with Crippen molar-refractivity contribution >= 4 is 34.3 Å². The van der Waals surface area contributed by atoms with Crippen molar-refractivity contribution in [2.45, 2.75) is 13.8 Å². The zero-order valence-electron chi connectivity index (χ0n) is 13.8. The topological polar surface area (TPSA) is 71.1 Å². The van der Waals surface area contributed by atoms with Gasteiger partial charge in [0, 0.05) is 5.39 Å². The molecule has 6 heteroatoms. The summed E-state index contributed by atoms with van der Waals surface area (Å²) in [6.07, 6.45) is 0. The molecule has 1 heterocycles. The maximum Gasteiger partial charge on any atom is 0.271 e. The van der Waals surface area contributed by atoms with Gasteiger partial charge in [-0.25, -0.2) is 0 Å². The van der Waals surface area contributed by atoms with Gasteiger partial charge >= 0.3 is 0 Å². The second-order valence-corrected chi connectivity index (χ2v) is 6.11. The lowest BCUT2D eigenvalue weighted by molar-refractivity contribution is 0.0846. The van der Waals surface area contributed by atoms with Crippen LogP contribution >= 0.6 is 11.6 Å². The maximum absolute atomic E-state index is 12.4. The number of carbonyl (C=O) groups is 2. The number of nitrogens with zero attached hydrogens (tertiary/aromatic N) is 1. The third-order valence-electron chi connectivity index (χ3n) is 3.81. The molecule has 0 fully saturated rings. The molecular weight excluding hydrogens is 338 g/mol. The molecule has 126 valence electrons. The van der Waals surface area contributed by atoms with Gasteiger partial charge in [-0.15, -0.1) is 0 Å². The predicted octanol–water partition coefficient (Wildman–Crippen LogP) is 3.58. The van der Waals surface area contributed by atoms with E-state index in [2.05, 4.69) is 15.8 Å². The van der Waals surface area contributed by atoms with Gasteiger partial charge < -0.3 is 0 Å². The largest absolute Gasteiger partial charge is 0.271 e. The molecule has 2 N–H and O–H groups in total. The molecule has 0 aliphatic heterocycles. The number of hydrogen-bond donors (Lipinski definition) is 2. The summed E-state index contributed by atoms with van der Waals surface area (Å²) >= 11 is 5.97. The lowest BCUT2D eigenvalue weighted by atomic mass is 10.1. The molecule has 2 amide bonds. The van der Waals surface area contributed by atoms with Crippen molar-refractivity contribution in [3.63, 3.8) is 0 Å². The number of fused-ring (bicyclic) bond motifs is 1. The van der Waals surface area contributed by atoms with Crippen LogP contribution in [0.1, 0.15) is 32.0 Å². The highest BCUT2D eigenvalue weighted by Crippen LogP contribution is 2.18. The molecule has 2 aromatic carbocycles. The summed E-state index contributed by atoms with van der Waals surface area (Å²) in [5.74, 6) is -0.921. The summed E-state index contributed by atoms with van der Waals surface area (Å²) in [5.41, 5.74) is 7.95. The number of aromatic nitrogens is 1. The summed E-state index contributed by atoms with van der Waals surface area (Å²) in [6.45, 7) is 3.73.